The first-order chi connectivity index (χ1) is 11.2. The zero-order chi connectivity index (χ0) is 16.1. The van der Waals surface area contributed by atoms with Crippen molar-refractivity contribution in [3.8, 4) is 0 Å². The van der Waals surface area contributed by atoms with E-state index in [4.69, 9.17) is 10.5 Å². The predicted octanol–water partition coefficient (Wildman–Crippen LogP) is 1.48. The number of carbonyl (C=O) groups is 1. The Bertz CT molecular complexity index is 647. The van der Waals surface area contributed by atoms with Gasteiger partial charge in [0.15, 0.2) is 0 Å². The molecule has 1 amide bonds. The Morgan fingerprint density at radius 2 is 2.08 bits per heavy atom. The van der Waals surface area contributed by atoms with Crippen LogP contribution >= 0.6 is 12.4 Å². The van der Waals surface area contributed by atoms with E-state index < -0.39 is 0 Å². The van der Waals surface area contributed by atoms with Gasteiger partial charge in [0.05, 0.1) is 18.8 Å². The minimum absolute atomic E-state index is 0. The minimum Gasteiger partial charge on any atom is -0.364 e. The monoisotopic (exact) mass is 350 g/mol. The summed E-state index contributed by atoms with van der Waals surface area (Å²) in [6.07, 6.45) is 4.96. The molecule has 1 saturated heterocycles. The first-order valence-electron chi connectivity index (χ1n) is 7.93. The number of carbonyl (C=O) groups excluding carboxylic acids is 1. The molecule has 1 aliphatic heterocycles. The normalized spacial score (nSPS) is 19.7. The molecule has 0 saturated carbocycles. The van der Waals surface area contributed by atoms with Crippen molar-refractivity contribution < 1.29 is 9.53 Å². The molecule has 0 aliphatic carbocycles. The summed E-state index contributed by atoms with van der Waals surface area (Å²) in [5, 5.41) is 7.23. The SMILES string of the molecule is Cl.NC[C@H]1CC[C@@H](C(=O)NCc2cnn(Cc3ccccc3)c2)O1. The van der Waals surface area contributed by atoms with Gasteiger partial charge in [-0.05, 0) is 18.4 Å². The third-order valence-electron chi connectivity index (χ3n) is 4.00. The highest BCUT2D eigenvalue weighted by Crippen LogP contribution is 2.18. The van der Waals surface area contributed by atoms with Crippen LogP contribution in [0.3, 0.4) is 0 Å². The van der Waals surface area contributed by atoms with Gasteiger partial charge in [0, 0.05) is 24.8 Å². The molecule has 0 radical (unpaired) electrons. The number of rotatable bonds is 6. The maximum absolute atomic E-state index is 12.1. The zero-order valence-corrected chi connectivity index (χ0v) is 14.2. The molecule has 0 bridgehead atoms. The lowest BCUT2D eigenvalue weighted by atomic mass is 10.2. The minimum atomic E-state index is -0.372. The lowest BCUT2D eigenvalue weighted by Gasteiger charge is -2.12. The molecule has 24 heavy (non-hydrogen) atoms. The van der Waals surface area contributed by atoms with Crippen LogP contribution in [-0.2, 0) is 22.6 Å². The topological polar surface area (TPSA) is 82.2 Å². The Kier molecular flexibility index (Phi) is 6.78. The Labute approximate surface area is 147 Å². The van der Waals surface area contributed by atoms with Crippen LogP contribution < -0.4 is 11.1 Å². The molecular formula is C17H23ClN4O2. The summed E-state index contributed by atoms with van der Waals surface area (Å²) in [5.74, 6) is -0.0724. The molecule has 7 heteroatoms. The summed E-state index contributed by atoms with van der Waals surface area (Å²) < 4.78 is 7.46. The average Bonchev–Trinajstić information content (AvgIpc) is 3.23. The van der Waals surface area contributed by atoms with Crippen molar-refractivity contribution in [1.82, 2.24) is 15.1 Å². The summed E-state index contributed by atoms with van der Waals surface area (Å²) in [4.78, 5) is 12.1. The van der Waals surface area contributed by atoms with Crippen LogP contribution in [0.15, 0.2) is 42.7 Å². The molecular weight excluding hydrogens is 328 g/mol. The van der Waals surface area contributed by atoms with Crippen molar-refractivity contribution >= 4 is 18.3 Å². The third-order valence-corrected chi connectivity index (χ3v) is 4.00. The standard InChI is InChI=1S/C17H22N4O2.ClH/c18-8-15-6-7-16(23-15)17(22)19-9-14-10-20-21(12-14)11-13-4-2-1-3-5-13;/h1-5,10,12,15-16H,6-9,11,18H2,(H,19,22);1H/t15-,16+;/m1./s1. The molecule has 3 N–H and O–H groups in total. The fourth-order valence-electron chi connectivity index (χ4n) is 2.73. The molecule has 1 aliphatic rings. The van der Waals surface area contributed by atoms with Gasteiger partial charge in [0.1, 0.15) is 6.10 Å². The fourth-order valence-corrected chi connectivity index (χ4v) is 2.73. The second-order valence-corrected chi connectivity index (χ2v) is 5.81. The average molecular weight is 351 g/mol. The summed E-state index contributed by atoms with van der Waals surface area (Å²) in [7, 11) is 0. The van der Waals surface area contributed by atoms with E-state index in [9.17, 15) is 4.79 Å². The molecule has 3 rings (SSSR count). The Morgan fingerprint density at radius 3 is 2.79 bits per heavy atom. The first-order valence-corrected chi connectivity index (χ1v) is 7.93. The van der Waals surface area contributed by atoms with Gasteiger partial charge in [-0.2, -0.15) is 5.10 Å². The number of aromatic nitrogens is 2. The van der Waals surface area contributed by atoms with Crippen molar-refractivity contribution in [3.63, 3.8) is 0 Å². The van der Waals surface area contributed by atoms with Crippen LogP contribution in [-0.4, -0.2) is 34.4 Å². The quantitative estimate of drug-likeness (QED) is 0.826. The predicted molar refractivity (Wildman–Crippen MR) is 93.8 cm³/mol. The van der Waals surface area contributed by atoms with Crippen LogP contribution in [0.5, 0.6) is 0 Å². The molecule has 1 aromatic carbocycles. The molecule has 2 heterocycles. The molecule has 2 atom stereocenters. The maximum Gasteiger partial charge on any atom is 0.249 e. The van der Waals surface area contributed by atoms with Gasteiger partial charge in [0.2, 0.25) is 5.91 Å². The van der Waals surface area contributed by atoms with E-state index in [-0.39, 0.29) is 30.5 Å². The largest absolute Gasteiger partial charge is 0.364 e. The van der Waals surface area contributed by atoms with Crippen molar-refractivity contribution in [2.75, 3.05) is 6.54 Å². The Balaban J connectivity index is 0.00000208. The van der Waals surface area contributed by atoms with Crippen molar-refractivity contribution in [1.29, 1.82) is 0 Å². The van der Waals surface area contributed by atoms with Crippen molar-refractivity contribution in [3.05, 3.63) is 53.9 Å². The summed E-state index contributed by atoms with van der Waals surface area (Å²) in [5.41, 5.74) is 7.73. The number of amides is 1. The van der Waals surface area contributed by atoms with Crippen LogP contribution in [0.4, 0.5) is 0 Å². The van der Waals surface area contributed by atoms with Gasteiger partial charge in [-0.3, -0.25) is 9.48 Å². The lowest BCUT2D eigenvalue weighted by molar-refractivity contribution is -0.132. The number of nitrogens with two attached hydrogens (primary N) is 1. The summed E-state index contributed by atoms with van der Waals surface area (Å²) in [6, 6.07) is 10.1. The molecule has 6 nitrogen and oxygen atoms in total. The number of nitrogens with zero attached hydrogens (tertiary/aromatic N) is 2. The Morgan fingerprint density at radius 1 is 1.29 bits per heavy atom. The van der Waals surface area contributed by atoms with Crippen LogP contribution in [0, 0.1) is 0 Å². The van der Waals surface area contributed by atoms with Crippen LogP contribution in [0.1, 0.15) is 24.0 Å². The highest BCUT2D eigenvalue weighted by Gasteiger charge is 2.29. The van der Waals surface area contributed by atoms with E-state index in [1.54, 1.807) is 6.20 Å². The van der Waals surface area contributed by atoms with Gasteiger partial charge in [-0.25, -0.2) is 0 Å². The molecule has 0 unspecified atom stereocenters. The number of ether oxygens (including phenoxy) is 1. The van der Waals surface area contributed by atoms with Crippen LogP contribution in [0.25, 0.3) is 0 Å². The lowest BCUT2D eigenvalue weighted by Crippen LogP contribution is -2.35. The van der Waals surface area contributed by atoms with Gasteiger partial charge < -0.3 is 15.8 Å². The molecule has 130 valence electrons. The number of halogens is 1. The first kappa shape index (κ1) is 18.4. The maximum atomic E-state index is 12.1. The van der Waals surface area contributed by atoms with E-state index >= 15 is 0 Å². The van der Waals surface area contributed by atoms with Crippen molar-refractivity contribution in [2.45, 2.75) is 38.1 Å². The molecule has 1 fully saturated rings. The van der Waals surface area contributed by atoms with E-state index in [1.165, 1.54) is 5.56 Å². The smallest absolute Gasteiger partial charge is 0.249 e. The summed E-state index contributed by atoms with van der Waals surface area (Å²) >= 11 is 0. The fraction of sp³-hybridized carbons (Fsp3) is 0.412. The number of nitrogens with one attached hydrogen (secondary N) is 1. The highest BCUT2D eigenvalue weighted by molar-refractivity contribution is 5.85. The number of hydrogen-bond donors (Lipinski definition) is 2. The zero-order valence-electron chi connectivity index (χ0n) is 13.4. The highest BCUT2D eigenvalue weighted by atomic mass is 35.5. The molecule has 1 aromatic heterocycles. The summed E-state index contributed by atoms with van der Waals surface area (Å²) in [6.45, 7) is 1.65. The second-order valence-electron chi connectivity index (χ2n) is 5.81. The third kappa shape index (κ3) is 4.80. The van der Waals surface area contributed by atoms with E-state index in [1.807, 2.05) is 29.1 Å². The van der Waals surface area contributed by atoms with Crippen LogP contribution in [0.2, 0.25) is 0 Å². The van der Waals surface area contributed by atoms with Gasteiger partial charge in [-0.15, -0.1) is 12.4 Å². The second kappa shape index (κ2) is 8.82. The van der Waals surface area contributed by atoms with Crippen molar-refractivity contribution in [2.24, 2.45) is 5.73 Å². The van der Waals surface area contributed by atoms with E-state index in [0.29, 0.717) is 13.1 Å². The molecule has 0 spiro atoms. The molecule has 2 aromatic rings. The van der Waals surface area contributed by atoms with Gasteiger partial charge >= 0.3 is 0 Å². The van der Waals surface area contributed by atoms with E-state index in [2.05, 4.69) is 22.5 Å². The van der Waals surface area contributed by atoms with Gasteiger partial charge in [0.25, 0.3) is 0 Å². The Hall–Kier alpha value is -1.89. The number of benzene rings is 1. The van der Waals surface area contributed by atoms with E-state index in [0.717, 1.165) is 24.9 Å². The van der Waals surface area contributed by atoms with Gasteiger partial charge in [-0.1, -0.05) is 30.3 Å². The number of hydrogen-bond acceptors (Lipinski definition) is 4.